The number of hydrogen-bond donors (Lipinski definition) is 1. The van der Waals surface area contributed by atoms with Crippen molar-refractivity contribution in [1.29, 1.82) is 0 Å². The van der Waals surface area contributed by atoms with E-state index < -0.39 is 0 Å². The number of imidazole rings is 1. The highest BCUT2D eigenvalue weighted by atomic mass is 32.2. The molecular weight excluding hydrogens is 356 g/mol. The van der Waals surface area contributed by atoms with Crippen LogP contribution in [0.15, 0.2) is 47.6 Å². The summed E-state index contributed by atoms with van der Waals surface area (Å²) in [4.78, 5) is 27.3. The molecule has 0 spiro atoms. The Morgan fingerprint density at radius 3 is 2.74 bits per heavy atom. The van der Waals surface area contributed by atoms with Gasteiger partial charge < -0.3 is 9.88 Å². The molecule has 27 heavy (non-hydrogen) atoms. The van der Waals surface area contributed by atoms with E-state index in [2.05, 4.69) is 28.8 Å². The molecule has 2 aromatic heterocycles. The van der Waals surface area contributed by atoms with Gasteiger partial charge in [0.05, 0.1) is 16.8 Å². The molecule has 1 aliphatic rings. The number of piperidine rings is 1. The summed E-state index contributed by atoms with van der Waals surface area (Å²) in [6.45, 7) is 6.17. The molecule has 4 rings (SSSR count). The van der Waals surface area contributed by atoms with E-state index in [9.17, 15) is 4.79 Å². The minimum absolute atomic E-state index is 0.194. The average molecular weight is 381 g/mol. The number of pyridine rings is 1. The first-order valence-corrected chi connectivity index (χ1v) is 10.4. The fraction of sp³-hybridized carbons (Fsp3) is 0.381. The van der Waals surface area contributed by atoms with Gasteiger partial charge in [-0.15, -0.1) is 0 Å². The second kappa shape index (κ2) is 7.72. The van der Waals surface area contributed by atoms with E-state index in [1.165, 1.54) is 18.2 Å². The van der Waals surface area contributed by atoms with Crippen LogP contribution in [0.25, 0.3) is 22.4 Å². The third-order valence-electron chi connectivity index (χ3n) is 4.97. The van der Waals surface area contributed by atoms with Crippen LogP contribution in [0.2, 0.25) is 0 Å². The molecule has 0 radical (unpaired) electrons. The predicted molar refractivity (Wildman–Crippen MR) is 110 cm³/mol. The van der Waals surface area contributed by atoms with Gasteiger partial charge in [-0.2, -0.15) is 0 Å². The number of aromatic amines is 1. The van der Waals surface area contributed by atoms with Crippen LogP contribution >= 0.6 is 11.8 Å². The van der Waals surface area contributed by atoms with Gasteiger partial charge in [-0.1, -0.05) is 37.7 Å². The number of rotatable bonds is 4. The van der Waals surface area contributed by atoms with Crippen molar-refractivity contribution in [3.8, 4) is 11.4 Å². The van der Waals surface area contributed by atoms with E-state index in [1.807, 2.05) is 41.3 Å². The summed E-state index contributed by atoms with van der Waals surface area (Å²) in [6, 6.07) is 11.9. The van der Waals surface area contributed by atoms with E-state index in [-0.39, 0.29) is 5.91 Å². The lowest BCUT2D eigenvalue weighted by molar-refractivity contribution is -0.130. The van der Waals surface area contributed by atoms with Crippen LogP contribution in [0.3, 0.4) is 0 Å². The van der Waals surface area contributed by atoms with Gasteiger partial charge in [0.1, 0.15) is 10.9 Å². The first kappa shape index (κ1) is 18.0. The van der Waals surface area contributed by atoms with Gasteiger partial charge in [0.15, 0.2) is 0 Å². The van der Waals surface area contributed by atoms with Crippen molar-refractivity contribution in [3.05, 3.63) is 42.6 Å². The highest BCUT2D eigenvalue weighted by molar-refractivity contribution is 8.00. The van der Waals surface area contributed by atoms with Crippen molar-refractivity contribution in [1.82, 2.24) is 19.9 Å². The first-order chi connectivity index (χ1) is 13.1. The Hall–Kier alpha value is -2.34. The average Bonchev–Trinajstić information content (AvgIpc) is 3.09. The lowest BCUT2D eigenvalue weighted by Gasteiger charge is -2.35. The van der Waals surface area contributed by atoms with Crippen molar-refractivity contribution in [2.24, 2.45) is 11.8 Å². The Morgan fingerprint density at radius 1 is 1.19 bits per heavy atom. The molecule has 1 aliphatic heterocycles. The molecule has 1 saturated heterocycles. The normalized spacial score (nSPS) is 20.1. The molecule has 140 valence electrons. The summed E-state index contributed by atoms with van der Waals surface area (Å²) in [7, 11) is 0. The zero-order chi connectivity index (χ0) is 18.8. The number of nitrogens with one attached hydrogen (secondary N) is 1. The minimum Gasteiger partial charge on any atom is -0.341 e. The van der Waals surface area contributed by atoms with Crippen molar-refractivity contribution in [2.45, 2.75) is 25.3 Å². The maximum absolute atomic E-state index is 12.7. The van der Waals surface area contributed by atoms with E-state index in [1.54, 1.807) is 6.20 Å². The Kier molecular flexibility index (Phi) is 5.16. The van der Waals surface area contributed by atoms with Crippen LogP contribution in [-0.2, 0) is 4.79 Å². The minimum atomic E-state index is 0.194. The monoisotopic (exact) mass is 380 g/mol. The summed E-state index contributed by atoms with van der Waals surface area (Å²) in [5, 5.41) is 0.836. The van der Waals surface area contributed by atoms with Gasteiger partial charge in [-0.05, 0) is 42.5 Å². The maximum Gasteiger partial charge on any atom is 0.233 e. The van der Waals surface area contributed by atoms with Crippen molar-refractivity contribution >= 4 is 28.7 Å². The topological polar surface area (TPSA) is 61.9 Å². The predicted octanol–water partition coefficient (Wildman–Crippen LogP) is 4.22. The molecule has 0 aliphatic carbocycles. The van der Waals surface area contributed by atoms with Crippen molar-refractivity contribution < 1.29 is 4.79 Å². The molecule has 1 aromatic carbocycles. The van der Waals surface area contributed by atoms with Crippen LogP contribution in [0.5, 0.6) is 0 Å². The summed E-state index contributed by atoms with van der Waals surface area (Å²) in [5.41, 5.74) is 2.87. The van der Waals surface area contributed by atoms with Gasteiger partial charge in [0.25, 0.3) is 0 Å². The second-order valence-corrected chi connectivity index (χ2v) is 8.46. The van der Waals surface area contributed by atoms with Crippen molar-refractivity contribution in [3.63, 3.8) is 0 Å². The highest BCUT2D eigenvalue weighted by Gasteiger charge is 2.25. The van der Waals surface area contributed by atoms with E-state index in [0.29, 0.717) is 17.6 Å². The fourth-order valence-corrected chi connectivity index (χ4v) is 4.75. The molecule has 3 aromatic rings. The molecule has 1 fully saturated rings. The molecule has 0 unspecified atom stereocenters. The SMILES string of the molecule is C[C@H]1C[C@H](C)CN(C(=O)CSc2ncccc2-c2nc3ccccc3[nH]2)C1. The Bertz CT molecular complexity index is 911. The smallest absolute Gasteiger partial charge is 0.233 e. The summed E-state index contributed by atoms with van der Waals surface area (Å²) >= 11 is 1.49. The van der Waals surface area contributed by atoms with Crippen LogP contribution < -0.4 is 0 Å². The molecule has 0 bridgehead atoms. The van der Waals surface area contributed by atoms with E-state index in [4.69, 9.17) is 0 Å². The largest absolute Gasteiger partial charge is 0.341 e. The lowest BCUT2D eigenvalue weighted by Crippen LogP contribution is -2.43. The van der Waals surface area contributed by atoms with Crippen LogP contribution in [0, 0.1) is 11.8 Å². The third-order valence-corrected chi connectivity index (χ3v) is 5.96. The molecule has 1 N–H and O–H groups in total. The van der Waals surface area contributed by atoms with Crippen LogP contribution in [0.1, 0.15) is 20.3 Å². The van der Waals surface area contributed by atoms with Gasteiger partial charge in [-0.25, -0.2) is 9.97 Å². The Labute approximate surface area is 163 Å². The molecule has 1 amide bonds. The molecule has 3 heterocycles. The number of para-hydroxylation sites is 2. The number of H-pyrrole nitrogens is 1. The number of benzene rings is 1. The van der Waals surface area contributed by atoms with Gasteiger partial charge in [0, 0.05) is 24.8 Å². The fourth-order valence-electron chi connectivity index (χ4n) is 3.85. The molecule has 0 saturated carbocycles. The Morgan fingerprint density at radius 2 is 1.96 bits per heavy atom. The zero-order valence-corrected chi connectivity index (χ0v) is 16.5. The molecule has 5 nitrogen and oxygen atoms in total. The number of likely N-dealkylation sites (tertiary alicyclic amines) is 1. The number of aromatic nitrogens is 3. The maximum atomic E-state index is 12.7. The standard InChI is InChI=1S/C21H24N4OS/c1-14-10-15(2)12-25(11-14)19(26)13-27-21-16(6-5-9-22-21)20-23-17-7-3-4-8-18(17)24-20/h3-9,14-15H,10-13H2,1-2H3,(H,23,24)/t14-,15-/m0/s1. The lowest BCUT2D eigenvalue weighted by atomic mass is 9.92. The highest BCUT2D eigenvalue weighted by Crippen LogP contribution is 2.30. The van der Waals surface area contributed by atoms with Gasteiger partial charge in [-0.3, -0.25) is 4.79 Å². The zero-order valence-electron chi connectivity index (χ0n) is 15.7. The summed E-state index contributed by atoms with van der Waals surface area (Å²) < 4.78 is 0. The number of hydrogen-bond acceptors (Lipinski definition) is 4. The number of thioether (sulfide) groups is 1. The molecular formula is C21H24N4OS. The van der Waals surface area contributed by atoms with Gasteiger partial charge in [0.2, 0.25) is 5.91 Å². The summed E-state index contributed by atoms with van der Waals surface area (Å²) in [6.07, 6.45) is 2.97. The first-order valence-electron chi connectivity index (χ1n) is 9.41. The number of fused-ring (bicyclic) bond motifs is 1. The number of carbonyl (C=O) groups excluding carboxylic acids is 1. The Balaban J connectivity index is 1.51. The van der Waals surface area contributed by atoms with Crippen LogP contribution in [-0.4, -0.2) is 44.6 Å². The molecule has 2 atom stereocenters. The van der Waals surface area contributed by atoms with Crippen LogP contribution in [0.4, 0.5) is 0 Å². The number of nitrogens with zero attached hydrogens (tertiary/aromatic N) is 3. The molecule has 6 heteroatoms. The summed E-state index contributed by atoms with van der Waals surface area (Å²) in [5.74, 6) is 2.54. The van der Waals surface area contributed by atoms with Gasteiger partial charge >= 0.3 is 0 Å². The van der Waals surface area contributed by atoms with Crippen molar-refractivity contribution in [2.75, 3.05) is 18.8 Å². The quantitative estimate of drug-likeness (QED) is 0.689. The second-order valence-electron chi connectivity index (χ2n) is 7.49. The number of amides is 1. The third kappa shape index (κ3) is 4.00. The number of carbonyl (C=O) groups is 1. The van der Waals surface area contributed by atoms with E-state index >= 15 is 0 Å². The van der Waals surface area contributed by atoms with E-state index in [0.717, 1.165) is 40.5 Å².